The van der Waals surface area contributed by atoms with Crippen LogP contribution in [0.5, 0.6) is 0 Å². The molecular weight excluding hydrogens is 340 g/mol. The van der Waals surface area contributed by atoms with E-state index >= 15 is 0 Å². The number of hydrogen-bond acceptors (Lipinski definition) is 5. The van der Waals surface area contributed by atoms with Gasteiger partial charge in [-0.2, -0.15) is 5.26 Å². The summed E-state index contributed by atoms with van der Waals surface area (Å²) in [6.45, 7) is 9.38. The number of carbonyl (C=O) groups excluding carboxylic acids is 1. The molecule has 0 aliphatic carbocycles. The molecule has 27 heavy (non-hydrogen) atoms. The van der Waals surface area contributed by atoms with Gasteiger partial charge in [0.15, 0.2) is 0 Å². The van der Waals surface area contributed by atoms with Crippen molar-refractivity contribution in [3.63, 3.8) is 0 Å². The summed E-state index contributed by atoms with van der Waals surface area (Å²) in [6.07, 6.45) is 5.90. The van der Waals surface area contributed by atoms with Crippen LogP contribution in [0, 0.1) is 11.3 Å². The van der Waals surface area contributed by atoms with E-state index in [-0.39, 0.29) is 17.0 Å². The van der Waals surface area contributed by atoms with Crippen LogP contribution in [-0.2, 0) is 9.53 Å². The Balaban J connectivity index is 1.80. The molecule has 0 bridgehead atoms. The Labute approximate surface area is 162 Å². The Morgan fingerprint density at radius 3 is 2.74 bits per heavy atom. The average Bonchev–Trinajstić information content (AvgIpc) is 3.14. The molecule has 1 aromatic heterocycles. The summed E-state index contributed by atoms with van der Waals surface area (Å²) in [5.74, 6) is 1.10. The van der Waals surface area contributed by atoms with Crippen molar-refractivity contribution in [3.8, 4) is 6.07 Å². The van der Waals surface area contributed by atoms with E-state index in [1.807, 2.05) is 12.1 Å². The number of anilines is 1. The maximum atomic E-state index is 12.9. The van der Waals surface area contributed by atoms with Crippen molar-refractivity contribution in [1.82, 2.24) is 9.88 Å². The standard InChI is InChI=1S/C21H30N4O2/c1-4-13-27-14-8-19(26)25-12-10-21(5-2)20(25,3)9-11-24(21)18-7-6-17(15-22)16-23-18/h6-7,16H,4-5,8-14H2,1-3H3/t20-,21-/m1/s1. The van der Waals surface area contributed by atoms with Crippen molar-refractivity contribution in [2.45, 2.75) is 64.0 Å². The zero-order valence-electron chi connectivity index (χ0n) is 16.7. The summed E-state index contributed by atoms with van der Waals surface area (Å²) in [6, 6.07) is 5.89. The van der Waals surface area contributed by atoms with Gasteiger partial charge in [0.2, 0.25) is 5.91 Å². The number of fused-ring (bicyclic) bond motifs is 1. The number of carbonyl (C=O) groups is 1. The summed E-state index contributed by atoms with van der Waals surface area (Å²) < 4.78 is 5.53. The van der Waals surface area contributed by atoms with E-state index in [2.05, 4.69) is 41.6 Å². The molecule has 2 atom stereocenters. The smallest absolute Gasteiger partial charge is 0.225 e. The van der Waals surface area contributed by atoms with Gasteiger partial charge in [-0.3, -0.25) is 4.79 Å². The fraction of sp³-hybridized carbons (Fsp3) is 0.667. The first-order valence-corrected chi connectivity index (χ1v) is 10.0. The Morgan fingerprint density at radius 1 is 1.30 bits per heavy atom. The molecule has 0 radical (unpaired) electrons. The molecule has 2 fully saturated rings. The highest BCUT2D eigenvalue weighted by Gasteiger charge is 2.63. The molecule has 1 aromatic rings. The molecule has 146 valence electrons. The van der Waals surface area contributed by atoms with E-state index in [0.29, 0.717) is 25.2 Å². The van der Waals surface area contributed by atoms with E-state index < -0.39 is 0 Å². The maximum Gasteiger partial charge on any atom is 0.225 e. The highest BCUT2D eigenvalue weighted by atomic mass is 16.5. The molecule has 2 aliphatic heterocycles. The average molecular weight is 370 g/mol. The van der Waals surface area contributed by atoms with Crippen LogP contribution in [0.3, 0.4) is 0 Å². The molecular formula is C21H30N4O2. The van der Waals surface area contributed by atoms with Crippen LogP contribution in [-0.4, -0.2) is 53.2 Å². The van der Waals surface area contributed by atoms with Crippen LogP contribution in [0.1, 0.15) is 58.4 Å². The number of hydrogen-bond donors (Lipinski definition) is 0. The number of amides is 1. The SMILES string of the molecule is CCCOCCC(=O)N1CC[C@@]2(CC)N(c3ccc(C#N)cn3)CC[C@@]12C. The normalized spacial score (nSPS) is 26.9. The lowest BCUT2D eigenvalue weighted by Gasteiger charge is -2.46. The van der Waals surface area contributed by atoms with Gasteiger partial charge in [0, 0.05) is 25.9 Å². The van der Waals surface area contributed by atoms with Crippen LogP contribution in [0.4, 0.5) is 5.82 Å². The lowest BCUT2D eigenvalue weighted by Crippen LogP contribution is -2.59. The third-order valence-electron chi connectivity index (χ3n) is 6.53. The van der Waals surface area contributed by atoms with Gasteiger partial charge in [0.05, 0.1) is 29.7 Å². The second-order valence-corrected chi connectivity index (χ2v) is 7.74. The minimum Gasteiger partial charge on any atom is -0.381 e. The minimum atomic E-state index is -0.195. The monoisotopic (exact) mass is 370 g/mol. The summed E-state index contributed by atoms with van der Waals surface area (Å²) in [5, 5.41) is 9.02. The van der Waals surface area contributed by atoms with E-state index in [1.54, 1.807) is 6.20 Å². The van der Waals surface area contributed by atoms with Crippen molar-refractivity contribution < 1.29 is 9.53 Å². The highest BCUT2D eigenvalue weighted by molar-refractivity contribution is 5.78. The number of ether oxygens (including phenoxy) is 1. The second kappa shape index (κ2) is 7.85. The second-order valence-electron chi connectivity index (χ2n) is 7.74. The molecule has 2 saturated heterocycles. The number of rotatable bonds is 7. The van der Waals surface area contributed by atoms with Gasteiger partial charge in [-0.25, -0.2) is 4.98 Å². The largest absolute Gasteiger partial charge is 0.381 e. The van der Waals surface area contributed by atoms with Gasteiger partial charge in [-0.05, 0) is 44.7 Å². The lowest BCUT2D eigenvalue weighted by molar-refractivity contribution is -0.136. The quantitative estimate of drug-likeness (QED) is 0.690. The van der Waals surface area contributed by atoms with Crippen LogP contribution in [0.2, 0.25) is 0 Å². The maximum absolute atomic E-state index is 12.9. The van der Waals surface area contributed by atoms with Crippen LogP contribution >= 0.6 is 0 Å². The molecule has 0 aromatic carbocycles. The third-order valence-corrected chi connectivity index (χ3v) is 6.53. The number of nitriles is 1. The van der Waals surface area contributed by atoms with Gasteiger partial charge >= 0.3 is 0 Å². The number of pyridine rings is 1. The summed E-state index contributed by atoms with van der Waals surface area (Å²) in [5.41, 5.74) is 0.273. The Bertz CT molecular complexity index is 714. The predicted octanol–water partition coefficient (Wildman–Crippen LogP) is 3.12. The van der Waals surface area contributed by atoms with Gasteiger partial charge in [-0.15, -0.1) is 0 Å². The number of nitrogens with zero attached hydrogens (tertiary/aromatic N) is 4. The first kappa shape index (κ1) is 19.6. The van der Waals surface area contributed by atoms with Gasteiger partial charge < -0.3 is 14.5 Å². The lowest BCUT2D eigenvalue weighted by atomic mass is 9.77. The fourth-order valence-corrected chi connectivity index (χ4v) is 5.04. The van der Waals surface area contributed by atoms with Gasteiger partial charge in [-0.1, -0.05) is 13.8 Å². The van der Waals surface area contributed by atoms with E-state index in [9.17, 15) is 4.79 Å². The molecule has 0 N–H and O–H groups in total. The summed E-state index contributed by atoms with van der Waals surface area (Å²) in [7, 11) is 0. The predicted molar refractivity (Wildman–Crippen MR) is 104 cm³/mol. The molecule has 0 spiro atoms. The highest BCUT2D eigenvalue weighted by Crippen LogP contribution is 2.52. The zero-order chi connectivity index (χ0) is 19.5. The van der Waals surface area contributed by atoms with Crippen molar-refractivity contribution in [2.75, 3.05) is 31.2 Å². The Kier molecular flexibility index (Phi) is 5.71. The topological polar surface area (TPSA) is 69.5 Å². The van der Waals surface area contributed by atoms with E-state index in [4.69, 9.17) is 10.00 Å². The van der Waals surface area contributed by atoms with Crippen molar-refractivity contribution in [3.05, 3.63) is 23.9 Å². The molecule has 3 heterocycles. The van der Waals surface area contributed by atoms with Crippen molar-refractivity contribution in [2.24, 2.45) is 0 Å². The minimum absolute atomic E-state index is 0.103. The number of aromatic nitrogens is 1. The van der Waals surface area contributed by atoms with Crippen LogP contribution in [0.25, 0.3) is 0 Å². The first-order valence-electron chi connectivity index (χ1n) is 10.0. The molecule has 6 nitrogen and oxygen atoms in total. The number of likely N-dealkylation sites (tertiary alicyclic amines) is 1. The molecule has 1 amide bonds. The van der Waals surface area contributed by atoms with Gasteiger partial charge in [0.25, 0.3) is 0 Å². The third kappa shape index (κ3) is 3.19. The molecule has 0 unspecified atom stereocenters. The van der Waals surface area contributed by atoms with Crippen LogP contribution < -0.4 is 4.90 Å². The molecule has 3 rings (SSSR count). The Morgan fingerprint density at radius 2 is 2.11 bits per heavy atom. The van der Waals surface area contributed by atoms with E-state index in [1.165, 1.54) is 0 Å². The van der Waals surface area contributed by atoms with E-state index in [0.717, 1.165) is 44.6 Å². The van der Waals surface area contributed by atoms with Crippen molar-refractivity contribution in [1.29, 1.82) is 5.26 Å². The Hall–Kier alpha value is -2.13. The zero-order valence-corrected chi connectivity index (χ0v) is 16.7. The summed E-state index contributed by atoms with van der Waals surface area (Å²) >= 11 is 0. The molecule has 6 heteroatoms. The summed E-state index contributed by atoms with van der Waals surface area (Å²) in [4.78, 5) is 21.9. The first-order chi connectivity index (χ1) is 13.0. The van der Waals surface area contributed by atoms with Crippen molar-refractivity contribution >= 4 is 11.7 Å². The molecule has 0 saturated carbocycles. The fourth-order valence-electron chi connectivity index (χ4n) is 5.04. The molecule has 2 aliphatic rings. The van der Waals surface area contributed by atoms with Crippen LogP contribution in [0.15, 0.2) is 18.3 Å². The van der Waals surface area contributed by atoms with Gasteiger partial charge in [0.1, 0.15) is 11.9 Å².